The van der Waals surface area contributed by atoms with Crippen LogP contribution in [0, 0.1) is 6.92 Å². The van der Waals surface area contributed by atoms with Gasteiger partial charge in [-0.15, -0.1) is 16.8 Å². The lowest BCUT2D eigenvalue weighted by atomic mass is 10.1. The van der Waals surface area contributed by atoms with Gasteiger partial charge in [0.15, 0.2) is 11.0 Å². The first kappa shape index (κ1) is 18.6. The van der Waals surface area contributed by atoms with Crippen LogP contribution in [-0.2, 0) is 11.3 Å². The number of carbonyl (C=O) groups is 1. The molecule has 1 aromatic carbocycles. The summed E-state index contributed by atoms with van der Waals surface area (Å²) in [5, 5.41) is 12.1. The number of rotatable bonds is 8. The van der Waals surface area contributed by atoms with Crippen LogP contribution in [0.1, 0.15) is 29.4 Å². The van der Waals surface area contributed by atoms with Gasteiger partial charge >= 0.3 is 0 Å². The fourth-order valence-electron chi connectivity index (χ4n) is 3.00. The van der Waals surface area contributed by atoms with Gasteiger partial charge in [0.05, 0.1) is 11.8 Å². The lowest BCUT2D eigenvalue weighted by Gasteiger charge is -2.17. The Bertz CT molecular complexity index is 975. The van der Waals surface area contributed by atoms with Gasteiger partial charge in [-0.1, -0.05) is 48.2 Å². The van der Waals surface area contributed by atoms with E-state index in [0.29, 0.717) is 23.6 Å². The predicted molar refractivity (Wildman–Crippen MR) is 109 cm³/mol. The zero-order valence-electron chi connectivity index (χ0n) is 15.7. The van der Waals surface area contributed by atoms with Crippen LogP contribution in [0.25, 0.3) is 11.4 Å². The third-order valence-corrected chi connectivity index (χ3v) is 5.85. The van der Waals surface area contributed by atoms with Crippen molar-refractivity contribution in [2.24, 2.45) is 0 Å². The van der Waals surface area contributed by atoms with Crippen molar-refractivity contribution in [3.05, 3.63) is 66.6 Å². The van der Waals surface area contributed by atoms with Gasteiger partial charge in [-0.3, -0.25) is 9.36 Å². The zero-order valence-corrected chi connectivity index (χ0v) is 16.5. The van der Waals surface area contributed by atoms with Crippen molar-refractivity contribution in [3.63, 3.8) is 0 Å². The third kappa shape index (κ3) is 3.89. The van der Waals surface area contributed by atoms with E-state index in [4.69, 9.17) is 4.42 Å². The number of nitrogens with one attached hydrogen (secondary N) is 1. The highest BCUT2D eigenvalue weighted by Gasteiger charge is 2.30. The standard InChI is InChI=1S/C21H22N4O2S/c1-3-12-25-19(17-11-13-27-14(17)2)23-24-21(25)28-18(15-7-5-4-6-8-15)20(26)22-16-9-10-16/h3-8,11,13,16,18H,1,9-10,12H2,2H3,(H,22,26)/t18-/m0/s1. The summed E-state index contributed by atoms with van der Waals surface area (Å²) >= 11 is 1.41. The van der Waals surface area contributed by atoms with Crippen molar-refractivity contribution in [1.82, 2.24) is 20.1 Å². The van der Waals surface area contributed by atoms with E-state index in [-0.39, 0.29) is 5.91 Å². The third-order valence-electron chi connectivity index (χ3n) is 4.62. The second kappa shape index (κ2) is 8.06. The van der Waals surface area contributed by atoms with E-state index in [1.54, 1.807) is 12.3 Å². The molecule has 1 saturated carbocycles. The normalized spacial score (nSPS) is 14.6. The smallest absolute Gasteiger partial charge is 0.238 e. The molecule has 1 amide bonds. The molecule has 0 bridgehead atoms. The van der Waals surface area contributed by atoms with E-state index in [0.717, 1.165) is 29.7 Å². The van der Waals surface area contributed by atoms with Crippen LogP contribution in [0.2, 0.25) is 0 Å². The summed E-state index contributed by atoms with van der Waals surface area (Å²) in [6.45, 7) is 6.29. The lowest BCUT2D eigenvalue weighted by Crippen LogP contribution is -2.30. The van der Waals surface area contributed by atoms with Gasteiger partial charge < -0.3 is 9.73 Å². The van der Waals surface area contributed by atoms with Gasteiger partial charge in [0.2, 0.25) is 5.91 Å². The molecule has 6 nitrogen and oxygen atoms in total. The van der Waals surface area contributed by atoms with Gasteiger partial charge in [-0.05, 0) is 31.4 Å². The maximum Gasteiger partial charge on any atom is 0.238 e. The first-order valence-corrected chi connectivity index (χ1v) is 10.2. The Morgan fingerprint density at radius 2 is 2.14 bits per heavy atom. The summed E-state index contributed by atoms with van der Waals surface area (Å²) < 4.78 is 7.39. The number of allylic oxidation sites excluding steroid dienone is 1. The molecule has 1 fully saturated rings. The molecule has 0 spiro atoms. The van der Waals surface area contributed by atoms with Crippen molar-refractivity contribution in [2.75, 3.05) is 0 Å². The maximum atomic E-state index is 12.9. The molecule has 3 aromatic rings. The molecular formula is C21H22N4O2S. The van der Waals surface area contributed by atoms with Gasteiger partial charge in [0, 0.05) is 12.6 Å². The summed E-state index contributed by atoms with van der Waals surface area (Å²) in [4.78, 5) is 12.9. The summed E-state index contributed by atoms with van der Waals surface area (Å²) in [6.07, 6.45) is 5.54. The SMILES string of the molecule is C=CCn1c(S[C@H](C(=O)NC2CC2)c2ccccc2)nnc1-c1ccoc1C. The summed E-state index contributed by atoms with van der Waals surface area (Å²) in [5.41, 5.74) is 1.83. The van der Waals surface area contributed by atoms with E-state index in [2.05, 4.69) is 22.1 Å². The van der Waals surface area contributed by atoms with E-state index in [1.165, 1.54) is 11.8 Å². The molecule has 0 saturated heterocycles. The number of aromatic nitrogens is 3. The average Bonchev–Trinajstić information content (AvgIpc) is 3.28. The summed E-state index contributed by atoms with van der Waals surface area (Å²) in [5.74, 6) is 1.50. The highest BCUT2D eigenvalue weighted by molar-refractivity contribution is 8.00. The topological polar surface area (TPSA) is 73.0 Å². The first-order chi connectivity index (χ1) is 13.7. The number of furan rings is 1. The van der Waals surface area contributed by atoms with Crippen molar-refractivity contribution in [1.29, 1.82) is 0 Å². The van der Waals surface area contributed by atoms with Gasteiger partial charge in [-0.2, -0.15) is 0 Å². The van der Waals surface area contributed by atoms with Crippen molar-refractivity contribution < 1.29 is 9.21 Å². The largest absolute Gasteiger partial charge is 0.469 e. The molecule has 1 aliphatic carbocycles. The number of thioether (sulfide) groups is 1. The molecule has 1 N–H and O–H groups in total. The van der Waals surface area contributed by atoms with Crippen LogP contribution in [0.3, 0.4) is 0 Å². The minimum Gasteiger partial charge on any atom is -0.469 e. The first-order valence-electron chi connectivity index (χ1n) is 9.28. The van der Waals surface area contributed by atoms with Crippen LogP contribution in [0.5, 0.6) is 0 Å². The highest BCUT2D eigenvalue weighted by Crippen LogP contribution is 2.37. The van der Waals surface area contributed by atoms with Gasteiger partial charge in [0.1, 0.15) is 11.0 Å². The predicted octanol–water partition coefficient (Wildman–Crippen LogP) is 4.14. The quantitative estimate of drug-likeness (QED) is 0.459. The molecule has 7 heteroatoms. The molecule has 28 heavy (non-hydrogen) atoms. The Hall–Kier alpha value is -2.80. The van der Waals surface area contributed by atoms with Gasteiger partial charge in [0.25, 0.3) is 0 Å². The molecule has 0 radical (unpaired) electrons. The Morgan fingerprint density at radius 3 is 2.79 bits per heavy atom. The second-order valence-electron chi connectivity index (χ2n) is 6.79. The van der Waals surface area contributed by atoms with E-state index in [9.17, 15) is 4.79 Å². The van der Waals surface area contributed by atoms with Crippen LogP contribution in [0.15, 0.2) is 64.9 Å². The van der Waals surface area contributed by atoms with Crippen molar-refractivity contribution in [3.8, 4) is 11.4 Å². The number of benzene rings is 1. The molecule has 2 heterocycles. The molecule has 0 unspecified atom stereocenters. The second-order valence-corrected chi connectivity index (χ2v) is 7.86. The molecule has 1 atom stereocenters. The molecule has 144 valence electrons. The van der Waals surface area contributed by atoms with Crippen LogP contribution < -0.4 is 5.32 Å². The number of hydrogen-bond acceptors (Lipinski definition) is 5. The zero-order chi connectivity index (χ0) is 19.5. The minimum atomic E-state index is -0.395. The highest BCUT2D eigenvalue weighted by atomic mass is 32.2. The van der Waals surface area contributed by atoms with E-state index >= 15 is 0 Å². The monoisotopic (exact) mass is 394 g/mol. The van der Waals surface area contributed by atoms with E-state index < -0.39 is 5.25 Å². The summed E-state index contributed by atoms with van der Waals surface area (Å²) in [6, 6.07) is 12.0. The van der Waals surface area contributed by atoms with Crippen molar-refractivity contribution >= 4 is 17.7 Å². The number of carbonyl (C=O) groups excluding carboxylic acids is 1. The number of hydrogen-bond donors (Lipinski definition) is 1. The lowest BCUT2D eigenvalue weighted by molar-refractivity contribution is -0.120. The van der Waals surface area contributed by atoms with Crippen LogP contribution in [0.4, 0.5) is 0 Å². The summed E-state index contributed by atoms with van der Waals surface area (Å²) in [7, 11) is 0. The Morgan fingerprint density at radius 1 is 1.36 bits per heavy atom. The van der Waals surface area contributed by atoms with Crippen LogP contribution in [-0.4, -0.2) is 26.7 Å². The fraction of sp³-hybridized carbons (Fsp3) is 0.286. The fourth-order valence-corrected chi connectivity index (χ4v) is 4.05. The molecule has 4 rings (SSSR count). The van der Waals surface area contributed by atoms with Crippen LogP contribution >= 0.6 is 11.8 Å². The van der Waals surface area contributed by atoms with E-state index in [1.807, 2.05) is 47.9 Å². The average molecular weight is 395 g/mol. The number of nitrogens with zero attached hydrogens (tertiary/aromatic N) is 3. The molecular weight excluding hydrogens is 372 g/mol. The van der Waals surface area contributed by atoms with Crippen molar-refractivity contribution in [2.45, 2.75) is 42.8 Å². The molecule has 0 aliphatic heterocycles. The Balaban J connectivity index is 1.68. The van der Waals surface area contributed by atoms with Gasteiger partial charge in [-0.25, -0.2) is 0 Å². The molecule has 2 aromatic heterocycles. The maximum absolute atomic E-state index is 12.9. The minimum absolute atomic E-state index is 0.00731. The number of aryl methyl sites for hydroxylation is 1. The Kier molecular flexibility index (Phi) is 5.34. The molecule has 1 aliphatic rings. The number of amides is 1. The Labute approximate surface area is 168 Å².